The largest absolute Gasteiger partial charge is 0.493 e. The maximum absolute atomic E-state index is 12.5. The van der Waals surface area contributed by atoms with E-state index in [1.807, 2.05) is 30.7 Å². The second-order valence-electron chi connectivity index (χ2n) is 8.07. The Bertz CT molecular complexity index is 1250. The fourth-order valence-corrected chi connectivity index (χ4v) is 3.81. The number of nitrogens with one attached hydrogen (secondary N) is 1. The van der Waals surface area contributed by atoms with E-state index in [0.29, 0.717) is 18.9 Å². The number of rotatable bonds is 9. The number of imidazole rings is 1. The second kappa shape index (κ2) is 10.2. The molecule has 2 heterocycles. The van der Waals surface area contributed by atoms with Crippen LogP contribution in [0.15, 0.2) is 71.9 Å². The first-order chi connectivity index (χ1) is 16.0. The first-order valence-corrected chi connectivity index (χ1v) is 11.2. The van der Waals surface area contributed by atoms with Crippen LogP contribution in [-0.4, -0.2) is 28.6 Å². The van der Waals surface area contributed by atoms with Crippen molar-refractivity contribution in [2.45, 2.75) is 33.7 Å². The maximum atomic E-state index is 12.5. The predicted molar refractivity (Wildman–Crippen MR) is 131 cm³/mol. The lowest BCUT2D eigenvalue weighted by Gasteiger charge is -2.12. The van der Waals surface area contributed by atoms with Gasteiger partial charge >= 0.3 is 0 Å². The van der Waals surface area contributed by atoms with Crippen molar-refractivity contribution < 1.29 is 13.9 Å². The number of benzene rings is 2. The fourth-order valence-electron chi connectivity index (χ4n) is 3.81. The number of ether oxygens (including phenoxy) is 1. The molecule has 170 valence electrons. The molecule has 0 bridgehead atoms. The van der Waals surface area contributed by atoms with Crippen molar-refractivity contribution in [3.8, 4) is 16.9 Å². The van der Waals surface area contributed by atoms with Crippen LogP contribution in [0.25, 0.3) is 27.7 Å². The SMILES string of the molecule is CCOc1cc2occ(-c3ccc(C)cc3)c2cc1/C(C)=C/C(=O)NCCCn1ccnc1. The number of carbonyl (C=O) groups excluding carboxylic acids is 1. The summed E-state index contributed by atoms with van der Waals surface area (Å²) < 4.78 is 13.7. The quantitative estimate of drug-likeness (QED) is 0.270. The minimum absolute atomic E-state index is 0.119. The van der Waals surface area contributed by atoms with Crippen molar-refractivity contribution in [3.05, 3.63) is 78.6 Å². The van der Waals surface area contributed by atoms with E-state index >= 15 is 0 Å². The van der Waals surface area contributed by atoms with E-state index < -0.39 is 0 Å². The molecule has 6 heteroatoms. The standard InChI is InChI=1S/C27H29N3O3/c1-4-32-25-16-26-23(24(17-33-26)21-8-6-19(2)7-9-21)15-22(25)20(3)14-27(31)29-10-5-12-30-13-11-28-18-30/h6-9,11,13-18H,4-5,10,12H2,1-3H3,(H,29,31)/b20-14+. The Kier molecular flexibility index (Phi) is 6.93. The fraction of sp³-hybridized carbons (Fsp3) is 0.259. The van der Waals surface area contributed by atoms with Gasteiger partial charge in [-0.05, 0) is 44.4 Å². The molecule has 6 nitrogen and oxygen atoms in total. The van der Waals surface area contributed by atoms with Crippen LogP contribution in [0.5, 0.6) is 5.75 Å². The number of carbonyl (C=O) groups is 1. The van der Waals surface area contributed by atoms with Gasteiger partial charge in [0.05, 0.1) is 19.2 Å². The van der Waals surface area contributed by atoms with E-state index in [2.05, 4.69) is 47.6 Å². The summed E-state index contributed by atoms with van der Waals surface area (Å²) in [7, 11) is 0. The highest BCUT2D eigenvalue weighted by Crippen LogP contribution is 2.37. The first-order valence-electron chi connectivity index (χ1n) is 11.2. The van der Waals surface area contributed by atoms with Gasteiger partial charge in [-0.2, -0.15) is 0 Å². The lowest BCUT2D eigenvalue weighted by Crippen LogP contribution is -2.23. The zero-order chi connectivity index (χ0) is 23.2. The van der Waals surface area contributed by atoms with Gasteiger partial charge < -0.3 is 19.0 Å². The minimum Gasteiger partial charge on any atom is -0.493 e. The van der Waals surface area contributed by atoms with Gasteiger partial charge in [-0.15, -0.1) is 0 Å². The molecule has 0 fully saturated rings. The van der Waals surface area contributed by atoms with E-state index in [1.54, 1.807) is 24.9 Å². The lowest BCUT2D eigenvalue weighted by molar-refractivity contribution is -0.116. The Morgan fingerprint density at radius 2 is 2.06 bits per heavy atom. The Morgan fingerprint density at radius 3 is 2.79 bits per heavy atom. The Hall–Kier alpha value is -3.80. The van der Waals surface area contributed by atoms with Crippen LogP contribution in [0.1, 0.15) is 31.4 Å². The van der Waals surface area contributed by atoms with Gasteiger partial charge in [0.15, 0.2) is 0 Å². The molecular formula is C27H29N3O3. The first kappa shape index (κ1) is 22.4. The highest BCUT2D eigenvalue weighted by atomic mass is 16.5. The smallest absolute Gasteiger partial charge is 0.244 e. The van der Waals surface area contributed by atoms with E-state index in [9.17, 15) is 4.79 Å². The van der Waals surface area contributed by atoms with Gasteiger partial charge in [0.25, 0.3) is 0 Å². The summed E-state index contributed by atoms with van der Waals surface area (Å²) in [6, 6.07) is 12.3. The highest BCUT2D eigenvalue weighted by molar-refractivity contribution is 6.00. The van der Waals surface area contributed by atoms with Crippen molar-refractivity contribution in [3.63, 3.8) is 0 Å². The number of aryl methyl sites for hydroxylation is 2. The summed E-state index contributed by atoms with van der Waals surface area (Å²) >= 11 is 0. The molecular weight excluding hydrogens is 414 g/mol. The molecule has 0 spiro atoms. The van der Waals surface area contributed by atoms with Gasteiger partial charge in [-0.25, -0.2) is 4.98 Å². The van der Waals surface area contributed by atoms with Crippen molar-refractivity contribution in [2.75, 3.05) is 13.2 Å². The summed E-state index contributed by atoms with van der Waals surface area (Å²) in [6.45, 7) is 7.88. The Morgan fingerprint density at radius 1 is 1.24 bits per heavy atom. The summed E-state index contributed by atoms with van der Waals surface area (Å²) in [5.74, 6) is 0.586. The molecule has 0 aliphatic rings. The van der Waals surface area contributed by atoms with Gasteiger partial charge in [0.1, 0.15) is 11.3 Å². The van der Waals surface area contributed by atoms with E-state index in [0.717, 1.165) is 46.2 Å². The minimum atomic E-state index is -0.119. The number of fused-ring (bicyclic) bond motifs is 1. The van der Waals surface area contributed by atoms with Crippen LogP contribution in [0, 0.1) is 6.92 Å². The molecule has 0 saturated carbocycles. The zero-order valence-corrected chi connectivity index (χ0v) is 19.3. The molecule has 0 unspecified atom stereocenters. The molecule has 0 radical (unpaired) electrons. The Labute approximate surface area is 193 Å². The molecule has 1 N–H and O–H groups in total. The van der Waals surface area contributed by atoms with Crippen molar-refractivity contribution >= 4 is 22.4 Å². The van der Waals surface area contributed by atoms with Gasteiger partial charge in [-0.3, -0.25) is 4.79 Å². The number of aromatic nitrogens is 2. The third-order valence-corrected chi connectivity index (χ3v) is 5.56. The summed E-state index contributed by atoms with van der Waals surface area (Å²) in [5.41, 5.74) is 5.80. The summed E-state index contributed by atoms with van der Waals surface area (Å²) in [6.07, 6.45) is 9.69. The average Bonchev–Trinajstić information content (AvgIpc) is 3.47. The molecule has 2 aromatic carbocycles. The van der Waals surface area contributed by atoms with Crippen molar-refractivity contribution in [1.82, 2.24) is 14.9 Å². The molecule has 0 saturated heterocycles. The van der Waals surface area contributed by atoms with Crippen LogP contribution in [0.4, 0.5) is 0 Å². The van der Waals surface area contributed by atoms with Gasteiger partial charge in [-0.1, -0.05) is 29.8 Å². The van der Waals surface area contributed by atoms with E-state index in [-0.39, 0.29) is 5.91 Å². The number of nitrogens with zero attached hydrogens (tertiary/aromatic N) is 2. The average molecular weight is 444 g/mol. The molecule has 2 aromatic heterocycles. The van der Waals surface area contributed by atoms with Crippen LogP contribution >= 0.6 is 0 Å². The summed E-state index contributed by atoms with van der Waals surface area (Å²) in [4.78, 5) is 16.6. The maximum Gasteiger partial charge on any atom is 0.244 e. The molecule has 33 heavy (non-hydrogen) atoms. The molecule has 1 amide bonds. The monoisotopic (exact) mass is 443 g/mol. The predicted octanol–water partition coefficient (Wildman–Crippen LogP) is 5.61. The third-order valence-electron chi connectivity index (χ3n) is 5.56. The molecule has 0 aliphatic heterocycles. The number of hydrogen-bond acceptors (Lipinski definition) is 4. The number of furan rings is 1. The Balaban J connectivity index is 1.56. The van der Waals surface area contributed by atoms with E-state index in [1.165, 1.54) is 5.56 Å². The van der Waals surface area contributed by atoms with Crippen molar-refractivity contribution in [1.29, 1.82) is 0 Å². The summed E-state index contributed by atoms with van der Waals surface area (Å²) in [5, 5.41) is 3.95. The number of amides is 1. The van der Waals surface area contributed by atoms with Crippen molar-refractivity contribution in [2.24, 2.45) is 0 Å². The number of allylic oxidation sites excluding steroid dienone is 1. The molecule has 4 rings (SSSR count). The highest BCUT2D eigenvalue weighted by Gasteiger charge is 2.15. The normalized spacial score (nSPS) is 11.7. The molecule has 0 atom stereocenters. The van der Waals surface area contributed by atoms with E-state index in [4.69, 9.17) is 9.15 Å². The van der Waals surface area contributed by atoms with Crippen LogP contribution in [0.3, 0.4) is 0 Å². The van der Waals surface area contributed by atoms with Crippen LogP contribution in [0.2, 0.25) is 0 Å². The number of hydrogen-bond donors (Lipinski definition) is 1. The zero-order valence-electron chi connectivity index (χ0n) is 19.3. The second-order valence-corrected chi connectivity index (χ2v) is 8.07. The molecule has 4 aromatic rings. The lowest BCUT2D eigenvalue weighted by atomic mass is 9.99. The molecule has 0 aliphatic carbocycles. The van der Waals surface area contributed by atoms with Crippen LogP contribution < -0.4 is 10.1 Å². The van der Waals surface area contributed by atoms with Gasteiger partial charge in [0, 0.05) is 54.1 Å². The van der Waals surface area contributed by atoms with Crippen LogP contribution in [-0.2, 0) is 11.3 Å². The topological polar surface area (TPSA) is 69.3 Å². The van der Waals surface area contributed by atoms with Gasteiger partial charge in [0.2, 0.25) is 5.91 Å². The third kappa shape index (κ3) is 5.34.